The highest BCUT2D eigenvalue weighted by atomic mass is 15.3. The van der Waals surface area contributed by atoms with Gasteiger partial charge in [0, 0.05) is 44.1 Å². The monoisotopic (exact) mass is 206 g/mol. The first-order chi connectivity index (χ1) is 7.42. The van der Waals surface area contributed by atoms with E-state index in [4.69, 9.17) is 0 Å². The zero-order valence-electron chi connectivity index (χ0n) is 9.11. The number of hydrogen-bond donors (Lipinski definition) is 2. The highest BCUT2D eigenvalue weighted by Gasteiger charge is 2.20. The summed E-state index contributed by atoms with van der Waals surface area (Å²) >= 11 is 0. The number of nitrogens with zero attached hydrogens (tertiary/aromatic N) is 2. The van der Waals surface area contributed by atoms with Gasteiger partial charge < -0.3 is 10.6 Å². The summed E-state index contributed by atoms with van der Waals surface area (Å²) < 4.78 is 0. The molecular weight excluding hydrogens is 188 g/mol. The van der Waals surface area contributed by atoms with E-state index in [2.05, 4.69) is 26.6 Å². The van der Waals surface area contributed by atoms with Gasteiger partial charge in [0.05, 0.1) is 6.17 Å². The Hall–Kier alpha value is -0.970. The van der Waals surface area contributed by atoms with Crippen molar-refractivity contribution < 1.29 is 0 Å². The average Bonchev–Trinajstić information content (AvgIpc) is 2.33. The molecule has 1 aromatic heterocycles. The molecule has 4 nitrogen and oxygen atoms in total. The van der Waals surface area contributed by atoms with Crippen LogP contribution in [0, 0.1) is 0 Å². The summed E-state index contributed by atoms with van der Waals surface area (Å²) in [7, 11) is 2.00. The Morgan fingerprint density at radius 3 is 2.87 bits per heavy atom. The molecule has 2 heterocycles. The van der Waals surface area contributed by atoms with Crippen molar-refractivity contribution in [2.75, 3.05) is 33.2 Å². The lowest BCUT2D eigenvalue weighted by atomic mass is 10.2. The number of piperazine rings is 1. The van der Waals surface area contributed by atoms with Gasteiger partial charge in [0.2, 0.25) is 0 Å². The maximum atomic E-state index is 4.17. The van der Waals surface area contributed by atoms with Gasteiger partial charge in [0.15, 0.2) is 0 Å². The van der Waals surface area contributed by atoms with Crippen LogP contribution in [0.1, 0.15) is 11.7 Å². The number of rotatable bonds is 3. The van der Waals surface area contributed by atoms with Crippen molar-refractivity contribution in [3.63, 3.8) is 0 Å². The van der Waals surface area contributed by atoms with Gasteiger partial charge in [-0.05, 0) is 13.1 Å². The first-order valence-corrected chi connectivity index (χ1v) is 5.44. The fourth-order valence-electron chi connectivity index (χ4n) is 2.04. The van der Waals surface area contributed by atoms with Gasteiger partial charge in [-0.3, -0.25) is 9.88 Å². The summed E-state index contributed by atoms with van der Waals surface area (Å²) in [5.41, 5.74) is 1.24. The Bertz CT molecular complexity index is 282. The summed E-state index contributed by atoms with van der Waals surface area (Å²) in [6.07, 6.45) is 4.04. The third-order valence-electron chi connectivity index (χ3n) is 2.79. The molecule has 2 rings (SSSR count). The van der Waals surface area contributed by atoms with E-state index >= 15 is 0 Å². The van der Waals surface area contributed by atoms with Gasteiger partial charge in [-0.1, -0.05) is 6.07 Å². The molecule has 1 aromatic rings. The first kappa shape index (κ1) is 10.5. The minimum Gasteiger partial charge on any atom is -0.314 e. The average molecular weight is 206 g/mol. The zero-order chi connectivity index (χ0) is 10.5. The Labute approximate surface area is 90.7 Å². The molecule has 0 aliphatic carbocycles. The molecule has 82 valence electrons. The van der Waals surface area contributed by atoms with E-state index in [1.54, 1.807) is 0 Å². The molecule has 0 amide bonds. The molecule has 1 unspecified atom stereocenters. The Kier molecular flexibility index (Phi) is 3.66. The van der Waals surface area contributed by atoms with Crippen LogP contribution in [0.3, 0.4) is 0 Å². The minimum atomic E-state index is 0.292. The second-order valence-corrected chi connectivity index (χ2v) is 3.76. The lowest BCUT2D eigenvalue weighted by Gasteiger charge is -2.34. The fourth-order valence-corrected chi connectivity index (χ4v) is 2.04. The number of nitrogens with one attached hydrogen (secondary N) is 2. The molecule has 1 atom stereocenters. The van der Waals surface area contributed by atoms with E-state index in [0.29, 0.717) is 6.17 Å². The molecule has 4 heteroatoms. The van der Waals surface area contributed by atoms with Crippen LogP contribution < -0.4 is 10.6 Å². The summed E-state index contributed by atoms with van der Waals surface area (Å²) in [5.74, 6) is 0. The van der Waals surface area contributed by atoms with Crippen LogP contribution in [0.5, 0.6) is 0 Å². The highest BCUT2D eigenvalue weighted by molar-refractivity contribution is 5.13. The molecule has 0 spiro atoms. The van der Waals surface area contributed by atoms with Gasteiger partial charge in [-0.2, -0.15) is 0 Å². The van der Waals surface area contributed by atoms with Crippen molar-refractivity contribution in [2.45, 2.75) is 6.17 Å². The van der Waals surface area contributed by atoms with Gasteiger partial charge in [-0.15, -0.1) is 0 Å². The molecule has 1 aliphatic heterocycles. The molecule has 0 bridgehead atoms. The predicted molar refractivity (Wildman–Crippen MR) is 60.5 cm³/mol. The van der Waals surface area contributed by atoms with Crippen LogP contribution in [-0.4, -0.2) is 43.1 Å². The maximum absolute atomic E-state index is 4.17. The van der Waals surface area contributed by atoms with Crippen LogP contribution in [0.2, 0.25) is 0 Å². The molecule has 1 saturated heterocycles. The van der Waals surface area contributed by atoms with Crippen molar-refractivity contribution in [3.8, 4) is 0 Å². The van der Waals surface area contributed by atoms with E-state index < -0.39 is 0 Å². The Morgan fingerprint density at radius 2 is 2.27 bits per heavy atom. The molecule has 0 saturated carbocycles. The second-order valence-electron chi connectivity index (χ2n) is 3.76. The third-order valence-corrected chi connectivity index (χ3v) is 2.79. The topological polar surface area (TPSA) is 40.2 Å². The van der Waals surface area contributed by atoms with Crippen LogP contribution in [0.4, 0.5) is 0 Å². The molecule has 0 aromatic carbocycles. The minimum absolute atomic E-state index is 0.292. The van der Waals surface area contributed by atoms with Gasteiger partial charge >= 0.3 is 0 Å². The van der Waals surface area contributed by atoms with Crippen molar-refractivity contribution in [3.05, 3.63) is 30.1 Å². The molecular formula is C11H18N4. The summed E-state index contributed by atoms with van der Waals surface area (Å²) in [5, 5.41) is 6.71. The van der Waals surface area contributed by atoms with E-state index in [-0.39, 0.29) is 0 Å². The Balaban J connectivity index is 2.09. The van der Waals surface area contributed by atoms with Crippen molar-refractivity contribution in [2.24, 2.45) is 0 Å². The standard InChI is InChI=1S/C11H18N4/c1-12-11(10-3-2-4-14-9-10)15-7-5-13-6-8-15/h2-4,9,11-13H,5-8H2,1H3. The summed E-state index contributed by atoms with van der Waals surface area (Å²) in [4.78, 5) is 6.60. The quantitative estimate of drug-likeness (QED) is 0.741. The molecule has 1 aliphatic rings. The number of aromatic nitrogens is 1. The van der Waals surface area contributed by atoms with Gasteiger partial charge in [0.1, 0.15) is 0 Å². The van der Waals surface area contributed by atoms with Crippen molar-refractivity contribution in [1.29, 1.82) is 0 Å². The van der Waals surface area contributed by atoms with Crippen LogP contribution in [0.15, 0.2) is 24.5 Å². The fraction of sp³-hybridized carbons (Fsp3) is 0.545. The lowest BCUT2D eigenvalue weighted by Crippen LogP contribution is -2.48. The van der Waals surface area contributed by atoms with Gasteiger partial charge in [0.25, 0.3) is 0 Å². The zero-order valence-corrected chi connectivity index (χ0v) is 9.11. The largest absolute Gasteiger partial charge is 0.314 e. The van der Waals surface area contributed by atoms with E-state index in [1.165, 1.54) is 5.56 Å². The normalized spacial score (nSPS) is 20.1. The highest BCUT2D eigenvalue weighted by Crippen LogP contribution is 2.16. The van der Waals surface area contributed by atoms with Crippen LogP contribution in [0.25, 0.3) is 0 Å². The SMILES string of the molecule is CNC(c1cccnc1)N1CCNCC1. The second kappa shape index (κ2) is 5.21. The molecule has 1 fully saturated rings. The first-order valence-electron chi connectivity index (χ1n) is 5.44. The smallest absolute Gasteiger partial charge is 0.0874 e. The van der Waals surface area contributed by atoms with E-state index in [0.717, 1.165) is 26.2 Å². The van der Waals surface area contributed by atoms with E-state index in [1.807, 2.05) is 25.5 Å². The number of hydrogen-bond acceptors (Lipinski definition) is 4. The summed E-state index contributed by atoms with van der Waals surface area (Å²) in [6, 6.07) is 4.11. The van der Waals surface area contributed by atoms with Crippen LogP contribution in [-0.2, 0) is 0 Å². The van der Waals surface area contributed by atoms with Crippen molar-refractivity contribution in [1.82, 2.24) is 20.5 Å². The van der Waals surface area contributed by atoms with E-state index in [9.17, 15) is 0 Å². The Morgan fingerprint density at radius 1 is 1.47 bits per heavy atom. The van der Waals surface area contributed by atoms with Crippen LogP contribution >= 0.6 is 0 Å². The maximum Gasteiger partial charge on any atom is 0.0874 e. The predicted octanol–water partition coefficient (Wildman–Crippen LogP) is 0.205. The van der Waals surface area contributed by atoms with Gasteiger partial charge in [-0.25, -0.2) is 0 Å². The third kappa shape index (κ3) is 2.53. The molecule has 2 N–H and O–H groups in total. The molecule has 15 heavy (non-hydrogen) atoms. The van der Waals surface area contributed by atoms with Crippen molar-refractivity contribution >= 4 is 0 Å². The molecule has 0 radical (unpaired) electrons. The lowest BCUT2D eigenvalue weighted by molar-refractivity contribution is 0.153. The number of pyridine rings is 1. The summed E-state index contributed by atoms with van der Waals surface area (Å²) in [6.45, 7) is 4.30.